The molecule has 1 heterocycles. The fourth-order valence-electron chi connectivity index (χ4n) is 1.47. The second-order valence-electron chi connectivity index (χ2n) is 3.72. The van der Waals surface area contributed by atoms with Crippen LogP contribution in [0.3, 0.4) is 0 Å². The van der Waals surface area contributed by atoms with Gasteiger partial charge in [0, 0.05) is 17.8 Å². The number of nitrogens with one attached hydrogen (secondary N) is 2. The number of hydrogen-bond acceptors (Lipinski definition) is 5. The maximum atomic E-state index is 11.9. The van der Waals surface area contributed by atoms with Crippen LogP contribution < -0.4 is 21.3 Å². The van der Waals surface area contributed by atoms with Crippen molar-refractivity contribution in [1.82, 2.24) is 10.2 Å². The van der Waals surface area contributed by atoms with Crippen LogP contribution >= 0.6 is 0 Å². The van der Waals surface area contributed by atoms with Gasteiger partial charge in [-0.2, -0.15) is 5.10 Å². The molecule has 1 aromatic heterocycles. The first kappa shape index (κ1) is 12.6. The summed E-state index contributed by atoms with van der Waals surface area (Å²) >= 11 is 0. The monoisotopic (exact) mass is 260 g/mol. The number of carbonyl (C=O) groups excluding carboxylic acids is 1. The summed E-state index contributed by atoms with van der Waals surface area (Å²) in [7, 11) is 1.47. The number of nitrogen functional groups attached to an aromatic ring is 1. The highest BCUT2D eigenvalue weighted by Crippen LogP contribution is 2.26. The fourth-order valence-corrected chi connectivity index (χ4v) is 1.47. The van der Waals surface area contributed by atoms with Gasteiger partial charge in [-0.1, -0.05) is 0 Å². The maximum absolute atomic E-state index is 11.9. The van der Waals surface area contributed by atoms with Crippen molar-refractivity contribution in [2.45, 2.75) is 0 Å². The Morgan fingerprint density at radius 1 is 1.37 bits per heavy atom. The highest BCUT2D eigenvalue weighted by molar-refractivity contribution is 6.03. The molecular weight excluding hydrogens is 248 g/mol. The molecule has 0 saturated carbocycles. The first-order chi connectivity index (χ1) is 9.10. The van der Waals surface area contributed by atoms with E-state index in [0.29, 0.717) is 17.1 Å². The van der Waals surface area contributed by atoms with Crippen molar-refractivity contribution >= 4 is 17.3 Å². The highest BCUT2D eigenvalue weighted by atomic mass is 16.5. The van der Waals surface area contributed by atoms with E-state index in [4.69, 9.17) is 10.5 Å². The van der Waals surface area contributed by atoms with Gasteiger partial charge in [-0.25, -0.2) is 5.10 Å². The second-order valence-corrected chi connectivity index (χ2v) is 3.72. The van der Waals surface area contributed by atoms with E-state index in [1.54, 1.807) is 18.2 Å². The zero-order valence-corrected chi connectivity index (χ0v) is 10.1. The summed E-state index contributed by atoms with van der Waals surface area (Å²) in [6.07, 6.45) is 0. The molecule has 7 nitrogen and oxygen atoms in total. The van der Waals surface area contributed by atoms with Crippen molar-refractivity contribution < 1.29 is 9.53 Å². The molecule has 1 amide bonds. The highest BCUT2D eigenvalue weighted by Gasteiger charge is 2.11. The van der Waals surface area contributed by atoms with E-state index in [9.17, 15) is 9.59 Å². The van der Waals surface area contributed by atoms with Crippen LogP contribution in [0.4, 0.5) is 11.4 Å². The number of amides is 1. The summed E-state index contributed by atoms with van der Waals surface area (Å²) in [6, 6.07) is 7.41. The Morgan fingerprint density at radius 3 is 2.79 bits per heavy atom. The van der Waals surface area contributed by atoms with Gasteiger partial charge in [0.2, 0.25) is 0 Å². The van der Waals surface area contributed by atoms with Gasteiger partial charge in [-0.15, -0.1) is 0 Å². The molecule has 1 aromatic carbocycles. The molecular formula is C12H12N4O3. The Kier molecular flexibility index (Phi) is 3.46. The van der Waals surface area contributed by atoms with Gasteiger partial charge in [-0.05, 0) is 18.2 Å². The number of benzene rings is 1. The number of nitrogens with two attached hydrogens (primary N) is 1. The molecule has 0 unspecified atom stereocenters. The van der Waals surface area contributed by atoms with Crippen molar-refractivity contribution in [3.8, 4) is 5.75 Å². The molecule has 0 bridgehead atoms. The Morgan fingerprint density at radius 2 is 2.16 bits per heavy atom. The van der Waals surface area contributed by atoms with E-state index in [1.165, 1.54) is 19.2 Å². The first-order valence-corrected chi connectivity index (χ1v) is 5.41. The average molecular weight is 260 g/mol. The summed E-state index contributed by atoms with van der Waals surface area (Å²) in [5.74, 6) is -0.0166. The lowest BCUT2D eigenvalue weighted by Gasteiger charge is -2.10. The topological polar surface area (TPSA) is 110 Å². The van der Waals surface area contributed by atoms with Crippen molar-refractivity contribution in [3.05, 3.63) is 46.4 Å². The van der Waals surface area contributed by atoms with E-state index in [0.717, 1.165) is 0 Å². The van der Waals surface area contributed by atoms with Crippen LogP contribution in [0.2, 0.25) is 0 Å². The number of hydrogen-bond donors (Lipinski definition) is 3. The summed E-state index contributed by atoms with van der Waals surface area (Å²) in [4.78, 5) is 22.8. The van der Waals surface area contributed by atoms with E-state index in [1.807, 2.05) is 0 Å². The van der Waals surface area contributed by atoms with Crippen LogP contribution in [0.5, 0.6) is 5.75 Å². The average Bonchev–Trinajstić information content (AvgIpc) is 2.41. The van der Waals surface area contributed by atoms with Gasteiger partial charge in [0.15, 0.2) is 0 Å². The predicted octanol–water partition coefficient (Wildman–Crippen LogP) is 0.613. The molecule has 0 saturated heterocycles. The van der Waals surface area contributed by atoms with E-state index >= 15 is 0 Å². The van der Waals surface area contributed by atoms with Crippen LogP contribution in [0.1, 0.15) is 10.5 Å². The Labute approximate surface area is 108 Å². The molecule has 4 N–H and O–H groups in total. The minimum Gasteiger partial charge on any atom is -0.494 e. The molecule has 98 valence electrons. The summed E-state index contributed by atoms with van der Waals surface area (Å²) < 4.78 is 5.11. The number of anilines is 2. The number of H-pyrrole nitrogens is 1. The van der Waals surface area contributed by atoms with Gasteiger partial charge < -0.3 is 15.8 Å². The third-order valence-corrected chi connectivity index (χ3v) is 2.39. The second kappa shape index (κ2) is 5.21. The SMILES string of the molecule is COc1cc(N)ccc1NC(=O)c1ccc(=O)[nH]n1. The molecule has 0 aliphatic heterocycles. The number of methoxy groups -OCH3 is 1. The van der Waals surface area contributed by atoms with E-state index in [2.05, 4.69) is 15.5 Å². The number of aromatic nitrogens is 2. The number of ether oxygens (including phenoxy) is 1. The Bertz CT molecular complexity index is 646. The standard InChI is InChI=1S/C12H12N4O3/c1-19-10-6-7(13)2-3-8(10)14-12(18)9-4-5-11(17)16-15-9/h2-6H,13H2,1H3,(H,14,18)(H,16,17). The van der Waals surface area contributed by atoms with Crippen molar-refractivity contribution in [3.63, 3.8) is 0 Å². The number of nitrogens with zero attached hydrogens (tertiary/aromatic N) is 1. The quantitative estimate of drug-likeness (QED) is 0.700. The molecule has 19 heavy (non-hydrogen) atoms. The summed E-state index contributed by atoms with van der Waals surface area (Å²) in [6.45, 7) is 0. The third-order valence-electron chi connectivity index (χ3n) is 2.39. The molecule has 2 rings (SSSR count). The predicted molar refractivity (Wildman–Crippen MR) is 70.2 cm³/mol. The molecule has 0 spiro atoms. The van der Waals surface area contributed by atoms with Gasteiger partial charge >= 0.3 is 0 Å². The lowest BCUT2D eigenvalue weighted by atomic mass is 10.2. The molecule has 7 heteroatoms. The zero-order valence-electron chi connectivity index (χ0n) is 10.1. The smallest absolute Gasteiger partial charge is 0.276 e. The largest absolute Gasteiger partial charge is 0.494 e. The van der Waals surface area contributed by atoms with Crippen LogP contribution in [-0.2, 0) is 0 Å². The maximum Gasteiger partial charge on any atom is 0.276 e. The minimum absolute atomic E-state index is 0.0958. The zero-order chi connectivity index (χ0) is 13.8. The first-order valence-electron chi connectivity index (χ1n) is 5.41. The van der Waals surface area contributed by atoms with Crippen molar-refractivity contribution in [2.75, 3.05) is 18.2 Å². The lowest BCUT2D eigenvalue weighted by molar-refractivity contribution is 0.102. The van der Waals surface area contributed by atoms with Crippen LogP contribution in [0.15, 0.2) is 35.1 Å². The van der Waals surface area contributed by atoms with Crippen molar-refractivity contribution in [2.24, 2.45) is 0 Å². The van der Waals surface area contributed by atoms with Gasteiger partial charge in [0.25, 0.3) is 11.5 Å². The molecule has 0 atom stereocenters. The van der Waals surface area contributed by atoms with Gasteiger partial charge in [-0.3, -0.25) is 9.59 Å². The Balaban J connectivity index is 2.23. The molecule has 0 aliphatic carbocycles. The molecule has 2 aromatic rings. The summed E-state index contributed by atoms with van der Waals surface area (Å²) in [5.41, 5.74) is 6.33. The fraction of sp³-hybridized carbons (Fsp3) is 0.0833. The van der Waals surface area contributed by atoms with Gasteiger partial charge in [0.1, 0.15) is 11.4 Å². The van der Waals surface area contributed by atoms with Crippen molar-refractivity contribution in [1.29, 1.82) is 0 Å². The van der Waals surface area contributed by atoms with E-state index in [-0.39, 0.29) is 11.3 Å². The van der Waals surface area contributed by atoms with Crippen LogP contribution in [0, 0.1) is 0 Å². The molecule has 0 fully saturated rings. The Hall–Kier alpha value is -2.83. The third kappa shape index (κ3) is 2.89. The number of carbonyl (C=O) groups is 1. The number of rotatable bonds is 3. The lowest BCUT2D eigenvalue weighted by Crippen LogP contribution is -2.17. The number of aromatic amines is 1. The minimum atomic E-state index is -0.459. The van der Waals surface area contributed by atoms with Crippen LogP contribution in [0.25, 0.3) is 0 Å². The molecule has 0 radical (unpaired) electrons. The summed E-state index contributed by atoms with van der Waals surface area (Å²) in [5, 5.41) is 8.44. The van der Waals surface area contributed by atoms with Crippen LogP contribution in [-0.4, -0.2) is 23.2 Å². The van der Waals surface area contributed by atoms with E-state index < -0.39 is 5.91 Å². The molecule has 0 aliphatic rings. The normalized spacial score (nSPS) is 9.95. The van der Waals surface area contributed by atoms with Gasteiger partial charge in [0.05, 0.1) is 12.8 Å².